The number of carbonyl (C=O) groups excluding carboxylic acids is 1. The molecule has 0 fully saturated rings. The van der Waals surface area contributed by atoms with E-state index in [0.29, 0.717) is 0 Å². The van der Waals surface area contributed by atoms with Gasteiger partial charge < -0.3 is 0 Å². The molecule has 0 rings (SSSR count). The Morgan fingerprint density at radius 1 is 1.75 bits per heavy atom. The van der Waals surface area contributed by atoms with Crippen molar-refractivity contribution in [2.75, 3.05) is 0 Å². The average molecular weight is 74.2 g/mol. The van der Waals surface area contributed by atoms with E-state index in [0.717, 1.165) is 0 Å². The minimum atomic E-state index is 0. The molecule has 0 unspecified atom stereocenters. The van der Waals surface area contributed by atoms with Crippen molar-refractivity contribution in [3.8, 4) is 0 Å². The lowest BCUT2D eigenvalue weighted by atomic mass is 11.2. The van der Waals surface area contributed by atoms with Crippen LogP contribution in [0.4, 0.5) is 0 Å². The van der Waals surface area contributed by atoms with Gasteiger partial charge in [0.2, 0.25) is 0 Å². The summed E-state index contributed by atoms with van der Waals surface area (Å²) in [6, 6.07) is 0. The van der Waals surface area contributed by atoms with E-state index in [2.05, 4.69) is 6.58 Å². The Morgan fingerprint density at radius 2 is 1.75 bits per heavy atom. The summed E-state index contributed by atoms with van der Waals surface area (Å²) >= 11 is 0. The molecule has 0 spiro atoms. The first-order chi connectivity index (χ1) is 1.41. The molecule has 0 N–H and O–H groups in total. The van der Waals surface area contributed by atoms with Crippen molar-refractivity contribution in [2.45, 2.75) is 0 Å². The Bertz CT molecular complexity index is 27.0. The fraction of sp³-hybridized carbons (Fsp3) is 0. The second kappa shape index (κ2) is 16.7. The van der Waals surface area contributed by atoms with Gasteiger partial charge in [-0.2, -0.15) is 0 Å². The molecule has 4 heavy (non-hydrogen) atoms. The van der Waals surface area contributed by atoms with Crippen molar-refractivity contribution in [3.05, 3.63) is 6.58 Å². The number of rotatable bonds is 0. The molecule has 0 aliphatic rings. The fourth-order valence-electron chi connectivity index (χ4n) is 0. The fourth-order valence-corrected chi connectivity index (χ4v) is 0. The maximum absolute atomic E-state index is 8.57. The van der Waals surface area contributed by atoms with Crippen molar-refractivity contribution in [2.24, 2.45) is 0 Å². The van der Waals surface area contributed by atoms with Crippen LogP contribution in [0.15, 0.2) is 6.58 Å². The summed E-state index contributed by atoms with van der Waals surface area (Å²) in [4.78, 5) is 8.57. The molecule has 0 radical (unpaired) electrons. The smallest absolute Gasteiger partial charge is 0.116 e. The predicted octanol–water partition coefficient (Wildman–Crippen LogP) is -1.45. The van der Waals surface area contributed by atoms with E-state index in [1.165, 1.54) is 5.94 Å². The van der Waals surface area contributed by atoms with Gasteiger partial charge in [0.15, 0.2) is 0 Å². The van der Waals surface area contributed by atoms with Crippen LogP contribution in [0.3, 0.4) is 0 Å². The number of hydrogen-bond acceptors (Lipinski definition) is 1. The summed E-state index contributed by atoms with van der Waals surface area (Å²) in [6.07, 6.45) is 0. The third-order valence-corrected chi connectivity index (χ3v) is 0. The zero-order valence-corrected chi connectivity index (χ0v) is 1.62. The summed E-state index contributed by atoms with van der Waals surface area (Å²) in [5.41, 5.74) is 0. The van der Waals surface area contributed by atoms with Crippen LogP contribution in [0, 0.1) is 0 Å². The minimum absolute atomic E-state index is 0. The Balaban J connectivity index is 0. The van der Waals surface area contributed by atoms with Crippen LogP contribution >= 0.6 is 0 Å². The molecule has 0 aromatic carbocycles. The van der Waals surface area contributed by atoms with E-state index in [1.807, 2.05) is 0 Å². The predicted molar refractivity (Wildman–Crippen MR) is 22.7 cm³/mol. The third-order valence-electron chi connectivity index (χ3n) is 0. The first kappa shape index (κ1) is 9.39. The topological polar surface area (TPSA) is 17.1 Å². The lowest BCUT2D eigenvalue weighted by Gasteiger charge is -1.02. The monoisotopic (exact) mass is 74.0 g/mol. The van der Waals surface area contributed by atoms with E-state index in [-0.39, 0.29) is 11.0 Å². The Kier molecular flexibility index (Phi) is 39.1. The highest BCUT2D eigenvalue weighted by Gasteiger charge is 1.01. The van der Waals surface area contributed by atoms with Crippen molar-refractivity contribution in [3.63, 3.8) is 0 Å². The van der Waals surface area contributed by atoms with Crippen LogP contribution in [0.2, 0.25) is 0 Å². The summed E-state index contributed by atoms with van der Waals surface area (Å²) in [5, 5.41) is 0. The van der Waals surface area contributed by atoms with Crippen molar-refractivity contribution < 1.29 is 4.79 Å². The molecule has 0 amide bonds. The van der Waals surface area contributed by atoms with Gasteiger partial charge in [0.05, 0.1) is 0 Å². The normalized spacial score (nSPS) is 2.00. The first-order valence-corrected chi connectivity index (χ1v) is 0.558. The molecule has 2 heteroatoms. The van der Waals surface area contributed by atoms with Gasteiger partial charge in [-0.3, -0.25) is 0 Å². The number of hydrogen-bond donors (Lipinski definition) is 0. The molecule has 0 bridgehead atoms. The molecule has 0 aliphatic heterocycles. The van der Waals surface area contributed by atoms with Crippen molar-refractivity contribution in [1.29, 1.82) is 0 Å². The summed E-state index contributed by atoms with van der Waals surface area (Å²) in [6.45, 7) is 2.68. The Hall–Kier alpha value is -0.333. The molecular weight excluding hydrogens is 68.1 g/mol. The average Bonchev–Trinajstić information content (AvgIpc) is 0.918. The molecule has 0 aromatic rings. The van der Waals surface area contributed by atoms with Crippen LogP contribution in [-0.2, 0) is 4.79 Å². The third kappa shape index (κ3) is 6.68. The van der Waals surface area contributed by atoms with E-state index < -0.39 is 0 Å². The molecule has 0 atom stereocenters. The van der Waals surface area contributed by atoms with Gasteiger partial charge in [-0.05, 0) is 17.5 Å². The summed E-state index contributed by atoms with van der Waals surface area (Å²) in [7, 11) is 0. The van der Waals surface area contributed by atoms with Crippen LogP contribution in [0.5, 0.6) is 0 Å². The Morgan fingerprint density at radius 3 is 1.75 bits per heavy atom. The van der Waals surface area contributed by atoms with E-state index in [9.17, 15) is 0 Å². The van der Waals surface area contributed by atoms with Crippen LogP contribution in [0.25, 0.3) is 0 Å². The lowest BCUT2D eigenvalue weighted by Crippen LogP contribution is -1.15. The molecule has 24 valence electrons. The SMILES string of the molecule is C=C=O.[SiH4]. The highest BCUT2D eigenvalue weighted by Crippen LogP contribution is 0.894. The molecule has 0 saturated heterocycles. The first-order valence-electron chi connectivity index (χ1n) is 0.558. The molecular formula is C2H6OSi. The van der Waals surface area contributed by atoms with Crippen molar-refractivity contribution >= 4 is 16.9 Å². The van der Waals surface area contributed by atoms with E-state index in [4.69, 9.17) is 4.79 Å². The van der Waals surface area contributed by atoms with E-state index >= 15 is 0 Å². The molecule has 0 aromatic heterocycles. The molecule has 0 saturated carbocycles. The van der Waals surface area contributed by atoms with Crippen LogP contribution < -0.4 is 0 Å². The van der Waals surface area contributed by atoms with Crippen LogP contribution in [0.1, 0.15) is 0 Å². The van der Waals surface area contributed by atoms with Crippen molar-refractivity contribution in [1.82, 2.24) is 0 Å². The summed E-state index contributed by atoms with van der Waals surface area (Å²) < 4.78 is 0. The highest BCUT2D eigenvalue weighted by atomic mass is 28.1. The largest absolute Gasteiger partial charge is 0.234 e. The second-order valence-electron chi connectivity index (χ2n) is 0.144. The summed E-state index contributed by atoms with van der Waals surface area (Å²) in [5.74, 6) is 1.25. The molecule has 0 aliphatic carbocycles. The van der Waals surface area contributed by atoms with Gasteiger partial charge in [-0.25, -0.2) is 4.79 Å². The quantitative estimate of drug-likeness (QED) is 0.254. The highest BCUT2D eigenvalue weighted by molar-refractivity contribution is 5.75. The van der Waals surface area contributed by atoms with Gasteiger partial charge >= 0.3 is 0 Å². The molecule has 0 heterocycles. The minimum Gasteiger partial charge on any atom is -0.234 e. The van der Waals surface area contributed by atoms with Gasteiger partial charge in [-0.1, -0.05) is 0 Å². The maximum Gasteiger partial charge on any atom is 0.116 e. The van der Waals surface area contributed by atoms with Gasteiger partial charge in [0.25, 0.3) is 0 Å². The van der Waals surface area contributed by atoms with Crippen LogP contribution in [-0.4, -0.2) is 16.9 Å². The second-order valence-corrected chi connectivity index (χ2v) is 0.144. The van der Waals surface area contributed by atoms with Gasteiger partial charge in [0, 0.05) is 0 Å². The van der Waals surface area contributed by atoms with Gasteiger partial charge in [0.1, 0.15) is 5.94 Å². The zero-order chi connectivity index (χ0) is 2.71. The standard InChI is InChI=1S/C2H2O.H4Si/c1-2-3;/h1H2;1H4. The molecule has 1 nitrogen and oxygen atoms in total. The Labute approximate surface area is 29.3 Å². The maximum atomic E-state index is 8.57. The lowest BCUT2D eigenvalue weighted by molar-refractivity contribution is 0.569. The van der Waals surface area contributed by atoms with E-state index in [1.54, 1.807) is 0 Å². The van der Waals surface area contributed by atoms with Gasteiger partial charge in [-0.15, -0.1) is 0 Å². The zero-order valence-electron chi connectivity index (χ0n) is 1.62.